The first-order chi connectivity index (χ1) is 8.69. The van der Waals surface area contributed by atoms with E-state index in [-0.39, 0.29) is 24.7 Å². The van der Waals surface area contributed by atoms with E-state index in [0.717, 1.165) is 5.56 Å². The third-order valence-electron chi connectivity index (χ3n) is 2.84. The fourth-order valence-electron chi connectivity index (χ4n) is 1.74. The van der Waals surface area contributed by atoms with Crippen LogP contribution in [-0.4, -0.2) is 18.8 Å². The minimum atomic E-state index is -0.132. The van der Waals surface area contributed by atoms with Crippen LogP contribution in [0.1, 0.15) is 19.4 Å². The Labute approximate surface area is 122 Å². The highest BCUT2D eigenvalue weighted by Crippen LogP contribution is 2.18. The minimum Gasteiger partial charge on any atom is -0.371 e. The van der Waals surface area contributed by atoms with E-state index >= 15 is 0 Å². The summed E-state index contributed by atoms with van der Waals surface area (Å²) in [5, 5.41) is 2.92. The molecule has 0 radical (unpaired) electrons. The molecule has 0 bridgehead atoms. The first-order valence-electron chi connectivity index (χ1n) is 5.91. The molecule has 3 unspecified atom stereocenters. The number of ether oxygens (including phenoxy) is 1. The van der Waals surface area contributed by atoms with Gasteiger partial charge < -0.3 is 7.80 Å². The van der Waals surface area contributed by atoms with E-state index in [1.54, 1.807) is 0 Å². The van der Waals surface area contributed by atoms with Crippen molar-refractivity contribution in [2.45, 2.75) is 32.7 Å². The summed E-state index contributed by atoms with van der Waals surface area (Å²) >= 11 is 1.85. The van der Waals surface area contributed by atoms with Crippen LogP contribution in [0.4, 0.5) is 0 Å². The van der Waals surface area contributed by atoms with Crippen LogP contribution in [0.25, 0.3) is 0 Å². The number of halogens is 1. The number of nitrogens with zero attached hydrogens (tertiary/aromatic N) is 1. The second-order valence-electron chi connectivity index (χ2n) is 4.34. The Balaban J connectivity index is 2.47. The molecule has 1 aromatic carbocycles. The van der Waals surface area contributed by atoms with Crippen molar-refractivity contribution in [2.75, 3.05) is 6.54 Å². The summed E-state index contributed by atoms with van der Waals surface area (Å²) in [7, 11) is 0. The summed E-state index contributed by atoms with van der Waals surface area (Å²) in [5.41, 5.74) is 1.12. The van der Waals surface area contributed by atoms with Gasteiger partial charge in [0.15, 0.2) is 0 Å². The molecule has 0 aliphatic carbocycles. The van der Waals surface area contributed by atoms with Gasteiger partial charge in [0.05, 0.1) is 19.3 Å². The first-order valence-corrected chi connectivity index (χ1v) is 6.79. The Morgan fingerprint density at radius 1 is 1.28 bits per heavy atom. The highest BCUT2D eigenvalue weighted by Gasteiger charge is 2.25. The zero-order valence-electron chi connectivity index (χ0n) is 10.6. The molecule has 0 aliphatic rings. The summed E-state index contributed by atoms with van der Waals surface area (Å²) in [5.74, 6) is 0.0465. The molecule has 18 heavy (non-hydrogen) atoms. The molecule has 0 N–H and O–H groups in total. The van der Waals surface area contributed by atoms with Crippen molar-refractivity contribution < 1.29 is 7.80 Å². The predicted octanol–water partition coefficient (Wildman–Crippen LogP) is 3.73. The average molecular weight is 363 g/mol. The Kier molecular flexibility index (Phi) is 7.38. The molecular weight excluding hydrogens is 345 g/mol. The van der Waals surface area contributed by atoms with Crippen molar-refractivity contribution in [1.29, 1.82) is 0 Å². The lowest BCUT2D eigenvalue weighted by atomic mass is 10.0. The van der Waals surface area contributed by atoms with Gasteiger partial charge in [-0.1, -0.05) is 42.4 Å². The second-order valence-corrected chi connectivity index (χ2v) is 4.85. The van der Waals surface area contributed by atoms with Crippen LogP contribution in [0, 0.1) is 10.8 Å². The normalized spacial score (nSPS) is 15.9. The van der Waals surface area contributed by atoms with Gasteiger partial charge >= 0.3 is 0 Å². The number of benzene rings is 1. The van der Waals surface area contributed by atoms with Crippen molar-refractivity contribution in [3.63, 3.8) is 0 Å². The van der Waals surface area contributed by atoms with Crippen LogP contribution < -0.4 is 0 Å². The van der Waals surface area contributed by atoms with Crippen LogP contribution in [-0.2, 0) is 14.4 Å². The van der Waals surface area contributed by atoms with Crippen molar-refractivity contribution in [3.8, 4) is 0 Å². The molecule has 0 saturated heterocycles. The molecule has 0 fully saturated rings. The Morgan fingerprint density at radius 3 is 2.50 bits per heavy atom. The fourth-order valence-corrected chi connectivity index (χ4v) is 2.66. The second kappa shape index (κ2) is 8.55. The van der Waals surface area contributed by atoms with E-state index in [9.17, 15) is 4.91 Å². The van der Waals surface area contributed by atoms with Gasteiger partial charge in [0, 0.05) is 5.92 Å². The number of hydrogen-bond donors (Lipinski definition) is 0. The summed E-state index contributed by atoms with van der Waals surface area (Å²) in [4.78, 5) is 10.3. The highest BCUT2D eigenvalue weighted by atomic mass is 127. The van der Waals surface area contributed by atoms with Gasteiger partial charge in [-0.05, 0) is 12.5 Å². The van der Waals surface area contributed by atoms with E-state index in [0.29, 0.717) is 6.61 Å². The van der Waals surface area contributed by atoms with E-state index in [2.05, 4.69) is 5.18 Å². The van der Waals surface area contributed by atoms with Crippen molar-refractivity contribution in [2.24, 2.45) is 11.1 Å². The fraction of sp³-hybridized carbons (Fsp3) is 0.538. The maximum atomic E-state index is 10.3. The lowest BCUT2D eigenvalue weighted by molar-refractivity contribution is -0.0268. The number of nitroso groups, excluding NO2 is 1. The standard InChI is InChI=1S/C13H18INO3/c1-10(8-15-16)13(18-14)11(2)17-9-12-6-4-3-5-7-12/h3-7,10-11,13H,8-9H2,1-2H3. The van der Waals surface area contributed by atoms with E-state index in [1.165, 1.54) is 0 Å². The molecule has 5 heteroatoms. The molecule has 1 aromatic rings. The minimum absolute atomic E-state index is 0.0465. The van der Waals surface area contributed by atoms with Crippen LogP contribution in [0.3, 0.4) is 0 Å². The molecule has 100 valence electrons. The van der Waals surface area contributed by atoms with Crippen LogP contribution in [0.2, 0.25) is 0 Å². The molecule has 0 amide bonds. The molecule has 4 nitrogen and oxygen atoms in total. The summed E-state index contributed by atoms with van der Waals surface area (Å²) < 4.78 is 11.1. The Hall–Kier alpha value is -0.530. The van der Waals surface area contributed by atoms with E-state index < -0.39 is 0 Å². The SMILES string of the molecule is CC(CN=O)C(OI)C(C)OCc1ccccc1. The Bertz CT molecular complexity index is 347. The third-order valence-corrected chi connectivity index (χ3v) is 3.43. The molecule has 0 heterocycles. The zero-order chi connectivity index (χ0) is 13.4. The topological polar surface area (TPSA) is 47.9 Å². The van der Waals surface area contributed by atoms with Crippen molar-refractivity contribution >= 4 is 23.0 Å². The molecule has 1 rings (SSSR count). The maximum absolute atomic E-state index is 10.3. The number of hydrogen-bond acceptors (Lipinski definition) is 4. The van der Waals surface area contributed by atoms with Gasteiger partial charge in [-0.2, -0.15) is 4.91 Å². The average Bonchev–Trinajstić information content (AvgIpc) is 2.39. The molecule has 3 atom stereocenters. The van der Waals surface area contributed by atoms with Gasteiger partial charge in [0.25, 0.3) is 0 Å². The van der Waals surface area contributed by atoms with E-state index in [4.69, 9.17) is 7.80 Å². The number of rotatable bonds is 8. The van der Waals surface area contributed by atoms with Gasteiger partial charge in [0.2, 0.25) is 0 Å². The lowest BCUT2D eigenvalue weighted by Crippen LogP contribution is -2.34. The summed E-state index contributed by atoms with van der Waals surface area (Å²) in [6, 6.07) is 9.97. The molecule has 0 aromatic heterocycles. The van der Waals surface area contributed by atoms with Crippen molar-refractivity contribution in [3.05, 3.63) is 40.8 Å². The van der Waals surface area contributed by atoms with Gasteiger partial charge in [-0.3, -0.25) is 0 Å². The zero-order valence-corrected chi connectivity index (χ0v) is 12.7. The lowest BCUT2D eigenvalue weighted by Gasteiger charge is -2.25. The summed E-state index contributed by atoms with van der Waals surface area (Å²) in [6.45, 7) is 4.67. The van der Waals surface area contributed by atoms with E-state index in [1.807, 2.05) is 67.2 Å². The monoisotopic (exact) mass is 363 g/mol. The van der Waals surface area contributed by atoms with Crippen LogP contribution in [0.15, 0.2) is 35.5 Å². The third kappa shape index (κ3) is 4.99. The largest absolute Gasteiger partial charge is 0.371 e. The van der Waals surface area contributed by atoms with Gasteiger partial charge in [-0.25, -0.2) is 0 Å². The van der Waals surface area contributed by atoms with Crippen molar-refractivity contribution in [1.82, 2.24) is 0 Å². The molecule has 0 saturated carbocycles. The molecule has 0 aliphatic heterocycles. The molecule has 0 spiro atoms. The maximum Gasteiger partial charge on any atom is 0.110 e. The van der Waals surface area contributed by atoms with Gasteiger partial charge in [0.1, 0.15) is 29.1 Å². The smallest absolute Gasteiger partial charge is 0.110 e. The van der Waals surface area contributed by atoms with Crippen LogP contribution in [0.5, 0.6) is 0 Å². The quantitative estimate of drug-likeness (QED) is 0.522. The van der Waals surface area contributed by atoms with Crippen LogP contribution >= 0.6 is 23.0 Å². The predicted molar refractivity (Wildman–Crippen MR) is 79.4 cm³/mol. The van der Waals surface area contributed by atoms with Gasteiger partial charge in [-0.15, -0.1) is 0 Å². The Morgan fingerprint density at radius 2 is 1.94 bits per heavy atom. The molecular formula is C13H18INO3. The first kappa shape index (κ1) is 15.5. The highest BCUT2D eigenvalue weighted by molar-refractivity contribution is 14.1. The summed E-state index contributed by atoms with van der Waals surface area (Å²) in [6.07, 6.45) is -0.217.